The second kappa shape index (κ2) is 5.94. The SMILES string of the molecule is CC(NS(=O)(=O)c1ccc(C#N)s1)c1cccc(Cl)c1. The minimum absolute atomic E-state index is 0.128. The largest absolute Gasteiger partial charge is 0.250 e. The first kappa shape index (κ1) is 15.0. The first-order valence-corrected chi connectivity index (χ1v) is 8.38. The molecule has 0 aliphatic carbocycles. The molecular formula is C13H11ClN2O2S2. The fourth-order valence-electron chi connectivity index (χ4n) is 1.66. The quantitative estimate of drug-likeness (QED) is 0.937. The molecule has 0 amide bonds. The van der Waals surface area contributed by atoms with Crippen molar-refractivity contribution in [2.75, 3.05) is 0 Å². The molecule has 20 heavy (non-hydrogen) atoms. The molecule has 0 fully saturated rings. The number of sulfonamides is 1. The van der Waals surface area contributed by atoms with Crippen LogP contribution in [0, 0.1) is 11.3 Å². The van der Waals surface area contributed by atoms with Crippen LogP contribution in [0.2, 0.25) is 5.02 Å². The number of nitrogens with zero attached hydrogens (tertiary/aromatic N) is 1. The molecule has 2 rings (SSSR count). The summed E-state index contributed by atoms with van der Waals surface area (Å²) in [4.78, 5) is 0.362. The first-order valence-electron chi connectivity index (χ1n) is 5.70. The van der Waals surface area contributed by atoms with Gasteiger partial charge in [-0.3, -0.25) is 0 Å². The smallest absolute Gasteiger partial charge is 0.206 e. The van der Waals surface area contributed by atoms with E-state index in [0.717, 1.165) is 16.9 Å². The Morgan fingerprint density at radius 3 is 2.70 bits per heavy atom. The van der Waals surface area contributed by atoms with Crippen molar-refractivity contribution >= 4 is 33.0 Å². The molecule has 0 spiro atoms. The van der Waals surface area contributed by atoms with E-state index < -0.39 is 16.1 Å². The summed E-state index contributed by atoms with van der Waals surface area (Å²) in [6, 6.07) is 11.4. The van der Waals surface area contributed by atoms with Crippen LogP contribution < -0.4 is 4.72 Å². The zero-order chi connectivity index (χ0) is 14.8. The Morgan fingerprint density at radius 1 is 1.35 bits per heavy atom. The van der Waals surface area contributed by atoms with Crippen molar-refractivity contribution in [1.82, 2.24) is 4.72 Å². The third-order valence-corrected chi connectivity index (χ3v) is 5.89. The van der Waals surface area contributed by atoms with E-state index in [-0.39, 0.29) is 4.21 Å². The molecule has 1 aromatic carbocycles. The molecule has 0 aliphatic rings. The van der Waals surface area contributed by atoms with Crippen molar-refractivity contribution in [1.29, 1.82) is 5.26 Å². The van der Waals surface area contributed by atoms with Gasteiger partial charge < -0.3 is 0 Å². The Hall–Kier alpha value is -1.39. The van der Waals surface area contributed by atoms with Gasteiger partial charge in [-0.15, -0.1) is 11.3 Å². The molecule has 0 bridgehead atoms. The lowest BCUT2D eigenvalue weighted by molar-refractivity contribution is 0.569. The average molecular weight is 327 g/mol. The summed E-state index contributed by atoms with van der Waals surface area (Å²) >= 11 is 6.83. The summed E-state index contributed by atoms with van der Waals surface area (Å²) in [5.41, 5.74) is 0.776. The van der Waals surface area contributed by atoms with E-state index in [1.807, 2.05) is 6.07 Å². The third-order valence-electron chi connectivity index (χ3n) is 2.64. The highest BCUT2D eigenvalue weighted by atomic mass is 35.5. The fraction of sp³-hybridized carbons (Fsp3) is 0.154. The predicted octanol–water partition coefficient (Wildman–Crippen LogP) is 3.31. The van der Waals surface area contributed by atoms with E-state index in [1.54, 1.807) is 31.2 Å². The number of halogens is 1. The van der Waals surface area contributed by atoms with E-state index in [1.165, 1.54) is 12.1 Å². The van der Waals surface area contributed by atoms with E-state index in [9.17, 15) is 8.42 Å². The number of nitriles is 1. The molecule has 104 valence electrons. The first-order chi connectivity index (χ1) is 9.42. The fourth-order valence-corrected chi connectivity index (χ4v) is 4.21. The van der Waals surface area contributed by atoms with E-state index >= 15 is 0 Å². The molecule has 1 unspecified atom stereocenters. The molecule has 0 aliphatic heterocycles. The summed E-state index contributed by atoms with van der Waals surface area (Å²) < 4.78 is 27.1. The van der Waals surface area contributed by atoms with Crippen LogP contribution in [0.1, 0.15) is 23.4 Å². The normalized spacial score (nSPS) is 12.8. The topological polar surface area (TPSA) is 70.0 Å². The summed E-state index contributed by atoms with van der Waals surface area (Å²) in [6.07, 6.45) is 0. The number of hydrogen-bond donors (Lipinski definition) is 1. The number of rotatable bonds is 4. The Bertz CT molecular complexity index is 763. The van der Waals surface area contributed by atoms with Gasteiger partial charge in [0.25, 0.3) is 10.0 Å². The van der Waals surface area contributed by atoms with Crippen LogP contribution in [-0.4, -0.2) is 8.42 Å². The van der Waals surface area contributed by atoms with Crippen molar-refractivity contribution in [2.24, 2.45) is 0 Å². The predicted molar refractivity (Wildman–Crippen MR) is 79.2 cm³/mol. The van der Waals surface area contributed by atoms with Gasteiger partial charge in [0.1, 0.15) is 15.2 Å². The molecule has 0 saturated heterocycles. The molecule has 2 aromatic rings. The number of hydrogen-bond acceptors (Lipinski definition) is 4. The van der Waals surface area contributed by atoms with Crippen LogP contribution in [0.4, 0.5) is 0 Å². The second-order valence-electron chi connectivity index (χ2n) is 4.13. The van der Waals surface area contributed by atoms with Gasteiger partial charge in [-0.1, -0.05) is 23.7 Å². The maximum atomic E-state index is 12.2. The average Bonchev–Trinajstić information content (AvgIpc) is 2.87. The lowest BCUT2D eigenvalue weighted by Crippen LogP contribution is -2.26. The summed E-state index contributed by atoms with van der Waals surface area (Å²) in [5, 5.41) is 9.29. The van der Waals surface area contributed by atoms with Gasteiger partial charge in [0.2, 0.25) is 0 Å². The molecule has 1 atom stereocenters. The lowest BCUT2D eigenvalue weighted by atomic mass is 10.1. The molecule has 0 radical (unpaired) electrons. The van der Waals surface area contributed by atoms with E-state index in [2.05, 4.69) is 4.72 Å². The summed E-state index contributed by atoms with van der Waals surface area (Å²) in [7, 11) is -3.64. The highest BCUT2D eigenvalue weighted by molar-refractivity contribution is 7.91. The minimum atomic E-state index is -3.64. The van der Waals surface area contributed by atoms with Gasteiger partial charge >= 0.3 is 0 Å². The molecule has 1 N–H and O–H groups in total. The number of thiophene rings is 1. The van der Waals surface area contributed by atoms with Crippen molar-refractivity contribution in [3.8, 4) is 6.07 Å². The van der Waals surface area contributed by atoms with Crippen LogP contribution in [0.15, 0.2) is 40.6 Å². The van der Waals surface area contributed by atoms with Gasteiger partial charge in [-0.2, -0.15) is 5.26 Å². The van der Waals surface area contributed by atoms with Crippen LogP contribution >= 0.6 is 22.9 Å². The van der Waals surface area contributed by atoms with E-state index in [4.69, 9.17) is 16.9 Å². The Kier molecular flexibility index (Phi) is 4.45. The molecule has 7 heteroatoms. The Labute approximate surface area is 126 Å². The van der Waals surface area contributed by atoms with Gasteiger partial charge in [0.05, 0.1) is 0 Å². The van der Waals surface area contributed by atoms with Gasteiger partial charge in [-0.05, 0) is 36.8 Å². The van der Waals surface area contributed by atoms with Gasteiger partial charge in [-0.25, -0.2) is 13.1 Å². The van der Waals surface area contributed by atoms with Crippen LogP contribution in [0.5, 0.6) is 0 Å². The second-order valence-corrected chi connectivity index (χ2v) is 7.59. The van der Waals surface area contributed by atoms with E-state index in [0.29, 0.717) is 9.90 Å². The van der Waals surface area contributed by atoms with Crippen molar-refractivity contribution in [3.05, 3.63) is 51.9 Å². The lowest BCUT2D eigenvalue weighted by Gasteiger charge is -2.14. The molecular weight excluding hydrogens is 316 g/mol. The molecule has 1 heterocycles. The summed E-state index contributed by atoms with van der Waals surface area (Å²) in [5.74, 6) is 0. The number of benzene rings is 1. The Morgan fingerprint density at radius 2 is 2.10 bits per heavy atom. The molecule has 1 aromatic heterocycles. The maximum Gasteiger partial charge on any atom is 0.250 e. The zero-order valence-electron chi connectivity index (χ0n) is 10.5. The van der Waals surface area contributed by atoms with Crippen LogP contribution in [-0.2, 0) is 10.0 Å². The zero-order valence-corrected chi connectivity index (χ0v) is 12.9. The monoisotopic (exact) mass is 326 g/mol. The maximum absolute atomic E-state index is 12.2. The van der Waals surface area contributed by atoms with Crippen LogP contribution in [0.3, 0.4) is 0 Å². The molecule has 0 saturated carbocycles. The van der Waals surface area contributed by atoms with Crippen molar-refractivity contribution < 1.29 is 8.42 Å². The van der Waals surface area contributed by atoms with Gasteiger partial charge in [0, 0.05) is 11.1 Å². The summed E-state index contributed by atoms with van der Waals surface area (Å²) in [6.45, 7) is 1.74. The van der Waals surface area contributed by atoms with Crippen LogP contribution in [0.25, 0.3) is 0 Å². The third kappa shape index (κ3) is 3.38. The van der Waals surface area contributed by atoms with Gasteiger partial charge in [0.15, 0.2) is 0 Å². The minimum Gasteiger partial charge on any atom is -0.206 e. The standard InChI is InChI=1S/C13H11ClN2O2S2/c1-9(10-3-2-4-11(14)7-10)16-20(17,18)13-6-5-12(8-15)19-13/h2-7,9,16H,1H3. The Balaban J connectivity index is 2.22. The highest BCUT2D eigenvalue weighted by Gasteiger charge is 2.20. The van der Waals surface area contributed by atoms with Crippen molar-refractivity contribution in [3.63, 3.8) is 0 Å². The van der Waals surface area contributed by atoms with Crippen molar-refractivity contribution in [2.45, 2.75) is 17.2 Å². The molecule has 4 nitrogen and oxygen atoms in total. The highest BCUT2D eigenvalue weighted by Crippen LogP contribution is 2.24. The number of nitrogens with one attached hydrogen (secondary N) is 1.